The van der Waals surface area contributed by atoms with E-state index < -0.39 is 0 Å². The highest BCUT2D eigenvalue weighted by Gasteiger charge is 2.34. The Morgan fingerprint density at radius 3 is 2.78 bits per heavy atom. The first-order valence-corrected chi connectivity index (χ1v) is 7.99. The Hall–Kier alpha value is 0.0600. The average molecular weight is 333 g/mol. The largest absolute Gasteiger partial charge is 0.383 e. The second kappa shape index (κ2) is 6.48. The molecule has 0 radical (unpaired) electrons. The Kier molecular flexibility index (Phi) is 5.21. The molecule has 1 saturated carbocycles. The van der Waals surface area contributed by atoms with Crippen molar-refractivity contribution in [3.63, 3.8) is 0 Å². The molecule has 3 nitrogen and oxygen atoms in total. The van der Waals surface area contributed by atoms with Gasteiger partial charge in [0.2, 0.25) is 0 Å². The number of hydrogen-bond donors (Lipinski definition) is 1. The highest BCUT2D eigenvalue weighted by Crippen LogP contribution is 2.38. The van der Waals surface area contributed by atoms with Gasteiger partial charge in [0, 0.05) is 40.5 Å². The molecular formula is C13H21BrN2OS. The second-order valence-electron chi connectivity index (χ2n) is 4.77. The van der Waals surface area contributed by atoms with Crippen LogP contribution in [0.4, 0.5) is 0 Å². The smallest absolute Gasteiger partial charge is 0.0590 e. The zero-order valence-electron chi connectivity index (χ0n) is 11.0. The molecule has 0 spiro atoms. The van der Waals surface area contributed by atoms with E-state index in [4.69, 9.17) is 10.5 Å². The molecule has 1 atom stereocenters. The van der Waals surface area contributed by atoms with Crippen molar-refractivity contribution in [3.8, 4) is 0 Å². The predicted molar refractivity (Wildman–Crippen MR) is 80.2 cm³/mol. The van der Waals surface area contributed by atoms with Crippen molar-refractivity contribution in [2.45, 2.75) is 31.8 Å². The monoisotopic (exact) mass is 332 g/mol. The minimum Gasteiger partial charge on any atom is -0.383 e. The third kappa shape index (κ3) is 3.33. The summed E-state index contributed by atoms with van der Waals surface area (Å²) < 4.78 is 6.42. The fourth-order valence-corrected chi connectivity index (χ4v) is 3.95. The minimum absolute atomic E-state index is 0.336. The molecule has 0 aliphatic heterocycles. The maximum Gasteiger partial charge on any atom is 0.0590 e. The van der Waals surface area contributed by atoms with Gasteiger partial charge in [-0.2, -0.15) is 0 Å². The van der Waals surface area contributed by atoms with Crippen molar-refractivity contribution in [1.29, 1.82) is 0 Å². The third-order valence-corrected chi connectivity index (χ3v) is 5.64. The summed E-state index contributed by atoms with van der Waals surface area (Å²) in [6.07, 6.45) is 2.59. The fourth-order valence-electron chi connectivity index (χ4n) is 2.26. The van der Waals surface area contributed by atoms with Gasteiger partial charge in [0.15, 0.2) is 0 Å². The molecule has 0 bridgehead atoms. The zero-order chi connectivity index (χ0) is 13.1. The van der Waals surface area contributed by atoms with Crippen molar-refractivity contribution < 1.29 is 4.74 Å². The first-order chi connectivity index (χ1) is 8.67. The maximum atomic E-state index is 6.01. The van der Waals surface area contributed by atoms with Crippen LogP contribution in [0, 0.1) is 6.92 Å². The van der Waals surface area contributed by atoms with Crippen LogP contribution in [-0.4, -0.2) is 37.7 Å². The molecule has 0 aromatic carbocycles. The van der Waals surface area contributed by atoms with E-state index in [0.29, 0.717) is 18.6 Å². The molecule has 18 heavy (non-hydrogen) atoms. The molecule has 102 valence electrons. The van der Waals surface area contributed by atoms with Gasteiger partial charge in [0.05, 0.1) is 12.6 Å². The summed E-state index contributed by atoms with van der Waals surface area (Å²) in [6.45, 7) is 4.56. The summed E-state index contributed by atoms with van der Waals surface area (Å²) in [5, 5.41) is 0. The van der Waals surface area contributed by atoms with Gasteiger partial charge in [-0.3, -0.25) is 4.90 Å². The van der Waals surface area contributed by atoms with Crippen LogP contribution in [0.2, 0.25) is 0 Å². The lowest BCUT2D eigenvalue weighted by Crippen LogP contribution is -2.37. The Morgan fingerprint density at radius 2 is 2.33 bits per heavy atom. The van der Waals surface area contributed by atoms with E-state index in [2.05, 4.69) is 33.8 Å². The Morgan fingerprint density at radius 1 is 1.61 bits per heavy atom. The van der Waals surface area contributed by atoms with Crippen molar-refractivity contribution in [1.82, 2.24) is 4.90 Å². The van der Waals surface area contributed by atoms with E-state index in [-0.39, 0.29) is 0 Å². The number of nitrogens with zero attached hydrogens (tertiary/aromatic N) is 1. The van der Waals surface area contributed by atoms with Gasteiger partial charge >= 0.3 is 0 Å². The van der Waals surface area contributed by atoms with Crippen LogP contribution in [0.5, 0.6) is 0 Å². The summed E-state index contributed by atoms with van der Waals surface area (Å²) >= 11 is 5.44. The Bertz CT molecular complexity index is 373. The van der Waals surface area contributed by atoms with Crippen LogP contribution in [0.15, 0.2) is 10.5 Å². The highest BCUT2D eigenvalue weighted by atomic mass is 79.9. The van der Waals surface area contributed by atoms with Crippen LogP contribution in [0.1, 0.15) is 28.6 Å². The van der Waals surface area contributed by atoms with Crippen LogP contribution < -0.4 is 5.73 Å². The van der Waals surface area contributed by atoms with Gasteiger partial charge in [-0.1, -0.05) is 0 Å². The summed E-state index contributed by atoms with van der Waals surface area (Å²) in [6, 6.07) is 3.26. The molecule has 1 aliphatic carbocycles. The molecule has 5 heteroatoms. The standard InChI is InChI=1S/C13H21BrN2OS/c1-9-11(14)7-13(18-9)12(8-15)16(5-6-17-2)10-3-4-10/h7,10,12H,3-6,8,15H2,1-2H3. The van der Waals surface area contributed by atoms with E-state index in [1.165, 1.54) is 27.1 Å². The van der Waals surface area contributed by atoms with Crippen molar-refractivity contribution in [2.24, 2.45) is 5.73 Å². The van der Waals surface area contributed by atoms with Crippen molar-refractivity contribution in [2.75, 3.05) is 26.8 Å². The molecule has 2 N–H and O–H groups in total. The number of rotatable bonds is 7. The molecule has 1 aliphatic rings. The molecule has 1 heterocycles. The normalized spacial score (nSPS) is 17.4. The number of methoxy groups -OCH3 is 1. The van der Waals surface area contributed by atoms with E-state index in [1.807, 2.05) is 11.3 Å². The number of thiophene rings is 1. The molecule has 0 saturated heterocycles. The molecule has 1 unspecified atom stereocenters. The maximum absolute atomic E-state index is 6.01. The molecule has 2 rings (SSSR count). The predicted octanol–water partition coefficient (Wildman–Crippen LogP) is 2.93. The summed E-state index contributed by atoms with van der Waals surface area (Å²) in [5.41, 5.74) is 6.01. The first-order valence-electron chi connectivity index (χ1n) is 6.38. The Labute approximate surface area is 121 Å². The van der Waals surface area contributed by atoms with Gasteiger partial charge in [-0.25, -0.2) is 0 Å². The summed E-state index contributed by atoms with van der Waals surface area (Å²) in [5.74, 6) is 0. The van der Waals surface area contributed by atoms with Gasteiger partial charge in [-0.15, -0.1) is 11.3 Å². The van der Waals surface area contributed by atoms with Gasteiger partial charge in [0.25, 0.3) is 0 Å². The first kappa shape index (κ1) is 14.5. The highest BCUT2D eigenvalue weighted by molar-refractivity contribution is 9.10. The molecule has 1 aromatic rings. The Balaban J connectivity index is 2.13. The van der Waals surface area contributed by atoms with E-state index in [1.54, 1.807) is 7.11 Å². The number of aryl methyl sites for hydroxylation is 1. The van der Waals surface area contributed by atoms with Crippen molar-refractivity contribution >= 4 is 27.3 Å². The van der Waals surface area contributed by atoms with Crippen LogP contribution in [0.3, 0.4) is 0 Å². The SMILES string of the molecule is COCCN(C1CC1)C(CN)c1cc(Br)c(C)s1. The summed E-state index contributed by atoms with van der Waals surface area (Å²) in [7, 11) is 1.76. The van der Waals surface area contributed by atoms with Crippen LogP contribution in [-0.2, 0) is 4.74 Å². The van der Waals surface area contributed by atoms with E-state index in [0.717, 1.165) is 13.2 Å². The van der Waals surface area contributed by atoms with Crippen LogP contribution >= 0.6 is 27.3 Å². The average Bonchev–Trinajstić information content (AvgIpc) is 3.13. The van der Waals surface area contributed by atoms with Crippen molar-refractivity contribution in [3.05, 3.63) is 20.3 Å². The third-order valence-electron chi connectivity index (χ3n) is 3.40. The quantitative estimate of drug-likeness (QED) is 0.834. The lowest BCUT2D eigenvalue weighted by atomic mass is 10.2. The summed E-state index contributed by atoms with van der Waals surface area (Å²) in [4.78, 5) is 5.21. The lowest BCUT2D eigenvalue weighted by Gasteiger charge is -2.30. The number of ether oxygens (including phenoxy) is 1. The molecule has 1 aromatic heterocycles. The van der Waals surface area contributed by atoms with Gasteiger partial charge in [-0.05, 0) is 41.8 Å². The van der Waals surface area contributed by atoms with Crippen LogP contribution in [0.25, 0.3) is 0 Å². The molecule has 0 amide bonds. The minimum atomic E-state index is 0.336. The van der Waals surface area contributed by atoms with Gasteiger partial charge in [0.1, 0.15) is 0 Å². The number of hydrogen-bond acceptors (Lipinski definition) is 4. The topological polar surface area (TPSA) is 38.5 Å². The van der Waals surface area contributed by atoms with E-state index in [9.17, 15) is 0 Å². The number of nitrogens with two attached hydrogens (primary N) is 1. The number of halogens is 1. The zero-order valence-corrected chi connectivity index (χ0v) is 13.4. The molecule has 1 fully saturated rings. The second-order valence-corrected chi connectivity index (χ2v) is 6.91. The fraction of sp³-hybridized carbons (Fsp3) is 0.692. The van der Waals surface area contributed by atoms with Gasteiger partial charge < -0.3 is 10.5 Å². The molecular weight excluding hydrogens is 312 g/mol. The van der Waals surface area contributed by atoms with E-state index >= 15 is 0 Å². The lowest BCUT2D eigenvalue weighted by molar-refractivity contribution is 0.117.